The Labute approximate surface area is 312 Å². The third-order valence-corrected chi connectivity index (χ3v) is 8.96. The summed E-state index contributed by atoms with van der Waals surface area (Å²) >= 11 is 14.2. The smallest absolute Gasteiger partial charge is 0.234 e. The fourth-order valence-electron chi connectivity index (χ4n) is 3.49. The van der Waals surface area contributed by atoms with Crippen LogP contribution >= 0.6 is 58.6 Å². The van der Waals surface area contributed by atoms with E-state index in [1.54, 1.807) is 14.2 Å². The van der Waals surface area contributed by atoms with E-state index in [-0.39, 0.29) is 25.1 Å². The Kier molecular flexibility index (Phi) is 24.0. The molecule has 0 aliphatic carbocycles. The summed E-state index contributed by atoms with van der Waals surface area (Å²) in [6.45, 7) is 7.46. The number of alkyl halides is 1. The SMILES string of the molecule is C.C1CCOC1.CCCNC(=O)CCl.CCCNC(=O)CSc1nc(-c2ccc(OC)cc2)ns1.COc1ccc(-c2nc(=S)s[nH]2)cc1. The molecule has 5 rings (SSSR count). The minimum atomic E-state index is -0.0893. The summed E-state index contributed by atoms with van der Waals surface area (Å²) in [5.41, 5.74) is 1.95. The Balaban J connectivity index is 0.000000367. The lowest BCUT2D eigenvalue weighted by Crippen LogP contribution is -2.25. The van der Waals surface area contributed by atoms with Crippen LogP contribution in [-0.4, -0.2) is 82.7 Å². The van der Waals surface area contributed by atoms with Crippen LogP contribution in [0.15, 0.2) is 52.9 Å². The van der Waals surface area contributed by atoms with Crippen molar-refractivity contribution in [2.75, 3.05) is 52.2 Å². The second-order valence-electron chi connectivity index (χ2n) is 9.71. The highest BCUT2D eigenvalue weighted by molar-refractivity contribution is 8.01. The van der Waals surface area contributed by atoms with Crippen LogP contribution in [0.3, 0.4) is 0 Å². The van der Waals surface area contributed by atoms with Crippen LogP contribution in [0.25, 0.3) is 22.8 Å². The van der Waals surface area contributed by atoms with Gasteiger partial charge in [-0.25, -0.2) is 9.97 Å². The molecule has 2 aromatic heterocycles. The van der Waals surface area contributed by atoms with Crippen molar-refractivity contribution in [2.45, 2.75) is 51.3 Å². The first-order valence-corrected chi connectivity index (χ1v) is 18.8. The molecular formula is C33H47ClN6O5S4. The quantitative estimate of drug-likeness (QED) is 0.0740. The molecule has 2 aromatic carbocycles. The maximum Gasteiger partial charge on any atom is 0.234 e. The number of hydrogen-bond donors (Lipinski definition) is 3. The summed E-state index contributed by atoms with van der Waals surface area (Å²) < 4.78 is 23.9. The van der Waals surface area contributed by atoms with Gasteiger partial charge in [-0.05, 0) is 109 Å². The van der Waals surface area contributed by atoms with Crippen LogP contribution in [0.1, 0.15) is 47.0 Å². The number of nitrogens with zero attached hydrogens (tertiary/aromatic N) is 3. The molecule has 49 heavy (non-hydrogen) atoms. The molecule has 0 unspecified atom stereocenters. The van der Waals surface area contributed by atoms with Gasteiger partial charge in [0.05, 0.1) is 20.0 Å². The fourth-order valence-corrected chi connectivity index (χ4v) is 5.73. The lowest BCUT2D eigenvalue weighted by Gasteiger charge is -2.01. The number of methoxy groups -OCH3 is 2. The zero-order chi connectivity index (χ0) is 35.0. The second-order valence-corrected chi connectivity index (χ2v) is 13.4. The Morgan fingerprint density at radius 3 is 1.92 bits per heavy atom. The van der Waals surface area contributed by atoms with E-state index in [2.05, 4.69) is 29.3 Å². The average molecular weight is 771 g/mol. The van der Waals surface area contributed by atoms with E-state index in [0.717, 1.165) is 65.4 Å². The van der Waals surface area contributed by atoms with Gasteiger partial charge in [-0.1, -0.05) is 33.0 Å². The molecule has 0 bridgehead atoms. The standard InChI is InChI=1S/C14H17N3O2S2.C9H8N2OS2.C5H10ClNO.C4H8O.CH4/c1-3-8-15-12(18)9-20-14-16-13(17-21-14)10-4-6-11(19-2)7-5-10;1-12-7-4-2-6(3-5-7)8-10-9(13)14-11-8;1-2-3-7-5(8)4-6;1-2-4-5-3-1;/h4-7H,3,8-9H2,1-2H3,(H,15,18);2-5H,1H3,(H,10,11,13);2-4H2,1H3,(H,7,8);1-4H2;1H4. The van der Waals surface area contributed by atoms with Gasteiger partial charge in [-0.2, -0.15) is 4.37 Å². The Morgan fingerprint density at radius 1 is 0.918 bits per heavy atom. The molecule has 11 nitrogen and oxygen atoms in total. The van der Waals surface area contributed by atoms with Crippen LogP contribution in [0.2, 0.25) is 0 Å². The number of carbonyl (C=O) groups excluding carboxylic acids is 2. The molecule has 0 saturated carbocycles. The highest BCUT2D eigenvalue weighted by Gasteiger charge is 2.09. The normalized spacial score (nSPS) is 11.2. The molecule has 1 fully saturated rings. The number of carbonyl (C=O) groups is 2. The molecule has 0 radical (unpaired) electrons. The van der Waals surface area contributed by atoms with Crippen LogP contribution in [0.4, 0.5) is 0 Å². The molecule has 0 atom stereocenters. The predicted octanol–water partition coefficient (Wildman–Crippen LogP) is 7.89. The van der Waals surface area contributed by atoms with E-state index in [4.69, 9.17) is 38.0 Å². The second kappa shape index (κ2) is 26.7. The first-order chi connectivity index (χ1) is 23.3. The number of benzene rings is 2. The summed E-state index contributed by atoms with van der Waals surface area (Å²) in [6.07, 6.45) is 4.46. The van der Waals surface area contributed by atoms with E-state index >= 15 is 0 Å². The minimum absolute atomic E-state index is 0. The van der Waals surface area contributed by atoms with E-state index in [1.807, 2.05) is 62.4 Å². The van der Waals surface area contributed by atoms with Gasteiger partial charge >= 0.3 is 0 Å². The highest BCUT2D eigenvalue weighted by atomic mass is 35.5. The molecule has 2 amide bonds. The number of H-pyrrole nitrogens is 1. The van der Waals surface area contributed by atoms with Gasteiger partial charge in [0, 0.05) is 37.4 Å². The van der Waals surface area contributed by atoms with Crippen molar-refractivity contribution in [3.05, 3.63) is 52.5 Å². The fraction of sp³-hybridized carbons (Fsp3) is 0.455. The molecule has 16 heteroatoms. The van der Waals surface area contributed by atoms with Crippen molar-refractivity contribution in [3.63, 3.8) is 0 Å². The van der Waals surface area contributed by atoms with Crippen molar-refractivity contribution in [1.29, 1.82) is 0 Å². The molecule has 3 heterocycles. The Hall–Kier alpha value is -3.08. The molecule has 3 N–H and O–H groups in total. The average Bonchev–Trinajstić information content (AvgIpc) is 3.94. The number of ether oxygens (including phenoxy) is 3. The molecule has 1 saturated heterocycles. The van der Waals surface area contributed by atoms with Gasteiger partial charge in [0.1, 0.15) is 23.2 Å². The molecule has 1 aliphatic rings. The first kappa shape index (κ1) is 43.9. The van der Waals surface area contributed by atoms with Crippen LogP contribution in [-0.2, 0) is 14.3 Å². The van der Waals surface area contributed by atoms with Crippen molar-refractivity contribution < 1.29 is 23.8 Å². The number of nitrogens with one attached hydrogen (secondary N) is 3. The summed E-state index contributed by atoms with van der Waals surface area (Å²) in [6, 6.07) is 15.3. The van der Waals surface area contributed by atoms with Crippen LogP contribution in [0, 0.1) is 3.95 Å². The van der Waals surface area contributed by atoms with E-state index < -0.39 is 0 Å². The maximum atomic E-state index is 11.5. The molecule has 270 valence electrons. The zero-order valence-corrected chi connectivity index (χ0v) is 31.6. The largest absolute Gasteiger partial charge is 0.497 e. The Morgan fingerprint density at radius 2 is 1.47 bits per heavy atom. The maximum absolute atomic E-state index is 11.5. The number of thioether (sulfide) groups is 1. The first-order valence-electron chi connectivity index (χ1n) is 15.3. The third-order valence-electron chi connectivity index (χ3n) is 5.98. The lowest BCUT2D eigenvalue weighted by atomic mass is 10.2. The van der Waals surface area contributed by atoms with Gasteiger partial charge in [-0.3, -0.25) is 14.0 Å². The predicted molar refractivity (Wildman–Crippen MR) is 206 cm³/mol. The third kappa shape index (κ3) is 18.5. The molecule has 1 aliphatic heterocycles. The monoisotopic (exact) mass is 770 g/mol. The number of rotatable bonds is 12. The van der Waals surface area contributed by atoms with Crippen molar-refractivity contribution in [2.24, 2.45) is 0 Å². The summed E-state index contributed by atoms with van der Waals surface area (Å²) in [4.78, 5) is 30.5. The number of amides is 2. The zero-order valence-electron chi connectivity index (χ0n) is 27.6. The summed E-state index contributed by atoms with van der Waals surface area (Å²) in [5, 5.41) is 5.45. The van der Waals surface area contributed by atoms with Crippen molar-refractivity contribution in [3.8, 4) is 34.3 Å². The van der Waals surface area contributed by atoms with Gasteiger partial charge in [0.25, 0.3) is 0 Å². The number of aromatic amines is 1. The van der Waals surface area contributed by atoms with E-state index in [0.29, 0.717) is 22.1 Å². The van der Waals surface area contributed by atoms with Gasteiger partial charge < -0.3 is 24.8 Å². The molecular weight excluding hydrogens is 724 g/mol. The van der Waals surface area contributed by atoms with Crippen LogP contribution in [0.5, 0.6) is 11.5 Å². The number of hydrogen-bond acceptors (Lipinski definition) is 12. The van der Waals surface area contributed by atoms with Gasteiger partial charge in [0.15, 0.2) is 14.1 Å². The molecule has 0 spiro atoms. The van der Waals surface area contributed by atoms with Crippen molar-refractivity contribution >= 4 is 70.5 Å². The Bertz CT molecular complexity index is 1510. The molecule has 4 aromatic rings. The topological polar surface area (TPSA) is 140 Å². The van der Waals surface area contributed by atoms with Crippen LogP contribution < -0.4 is 20.1 Å². The van der Waals surface area contributed by atoms with Crippen molar-refractivity contribution in [1.82, 2.24) is 29.3 Å². The number of halogens is 1. The summed E-state index contributed by atoms with van der Waals surface area (Å²) in [7, 11) is 3.28. The van der Waals surface area contributed by atoms with Gasteiger partial charge in [0.2, 0.25) is 11.8 Å². The van der Waals surface area contributed by atoms with Gasteiger partial charge in [-0.15, -0.1) is 11.6 Å². The van der Waals surface area contributed by atoms with E-state index in [1.165, 1.54) is 47.7 Å². The minimum Gasteiger partial charge on any atom is -0.497 e. The number of aromatic nitrogens is 4. The summed E-state index contributed by atoms with van der Waals surface area (Å²) in [5.74, 6) is 3.51. The lowest BCUT2D eigenvalue weighted by molar-refractivity contribution is -0.119. The van der Waals surface area contributed by atoms with E-state index in [9.17, 15) is 9.59 Å². The highest BCUT2D eigenvalue weighted by Crippen LogP contribution is 2.26.